The summed E-state index contributed by atoms with van der Waals surface area (Å²) >= 11 is 1.32. The van der Waals surface area contributed by atoms with E-state index < -0.39 is 0 Å². The fraction of sp³-hybridized carbons (Fsp3) is 0.250. The van der Waals surface area contributed by atoms with Gasteiger partial charge in [0.25, 0.3) is 0 Å². The Kier molecular flexibility index (Phi) is 5.68. The Morgan fingerprint density at radius 3 is 2.67 bits per heavy atom. The Balaban J connectivity index is 1.46. The average molecular weight is 424 g/mol. The van der Waals surface area contributed by atoms with Crippen LogP contribution < -0.4 is 10.1 Å². The maximum atomic E-state index is 14.2. The van der Waals surface area contributed by atoms with Gasteiger partial charge in [-0.2, -0.15) is 0 Å². The summed E-state index contributed by atoms with van der Waals surface area (Å²) in [6, 6.07) is 16.1. The van der Waals surface area contributed by atoms with Crippen molar-refractivity contribution >= 4 is 23.0 Å². The van der Waals surface area contributed by atoms with Crippen LogP contribution in [0.25, 0.3) is 10.4 Å². The molecule has 4 rings (SSSR count). The second-order valence-electron chi connectivity index (χ2n) is 7.48. The summed E-state index contributed by atoms with van der Waals surface area (Å²) < 4.78 is 20.3. The van der Waals surface area contributed by atoms with E-state index in [1.807, 2.05) is 43.3 Å². The molecule has 0 saturated carbocycles. The highest BCUT2D eigenvalue weighted by Crippen LogP contribution is 2.42. The molecular formula is C24H22FNO3S. The summed E-state index contributed by atoms with van der Waals surface area (Å²) in [5.41, 5.74) is 2.38. The first-order valence-electron chi connectivity index (χ1n) is 9.85. The predicted molar refractivity (Wildman–Crippen MR) is 116 cm³/mol. The molecule has 1 aromatic heterocycles. The number of Topliss-reactive ketones (excluding diaryl/α,β-unsaturated/α-hetero) is 1. The Bertz CT molecular complexity index is 1090. The van der Waals surface area contributed by atoms with Gasteiger partial charge in [0.05, 0.1) is 17.3 Å². The van der Waals surface area contributed by atoms with Gasteiger partial charge in [0.2, 0.25) is 5.91 Å². The van der Waals surface area contributed by atoms with E-state index in [1.165, 1.54) is 30.4 Å². The summed E-state index contributed by atoms with van der Waals surface area (Å²) in [4.78, 5) is 25.6. The van der Waals surface area contributed by atoms with Crippen LogP contribution in [0.15, 0.2) is 54.6 Å². The molecule has 1 aliphatic rings. The van der Waals surface area contributed by atoms with Gasteiger partial charge in [-0.25, -0.2) is 4.39 Å². The van der Waals surface area contributed by atoms with Crippen LogP contribution in [0.5, 0.6) is 5.75 Å². The molecular weight excluding hydrogens is 401 g/mol. The second kappa shape index (κ2) is 8.40. The SMILES string of the molecule is CC(=O)c1ccc(-c2cc(F)cc3c2O[C@H](CNC(=O)[C@@H](C)c2ccccc2)C3)s1. The number of benzene rings is 2. The number of ketones is 1. The molecule has 2 atom stereocenters. The standard InChI is InChI=1S/C24H22FNO3S/c1-14(16-6-4-3-5-7-16)24(28)26-13-19-11-17-10-18(25)12-20(23(17)29-19)22-9-8-21(30-22)15(2)27/h3-10,12,14,19H,11,13H2,1-2H3,(H,26,28)/t14-,19-/m0/s1. The van der Waals surface area contributed by atoms with E-state index in [9.17, 15) is 14.0 Å². The highest BCUT2D eigenvalue weighted by molar-refractivity contribution is 7.17. The maximum Gasteiger partial charge on any atom is 0.227 e. The minimum atomic E-state index is -0.340. The largest absolute Gasteiger partial charge is 0.487 e. The molecule has 30 heavy (non-hydrogen) atoms. The molecule has 4 nitrogen and oxygen atoms in total. The average Bonchev–Trinajstić information content (AvgIpc) is 3.38. The number of thiophene rings is 1. The number of amides is 1. The van der Waals surface area contributed by atoms with Crippen LogP contribution in [0.3, 0.4) is 0 Å². The van der Waals surface area contributed by atoms with Gasteiger partial charge in [-0.05, 0) is 43.7 Å². The fourth-order valence-corrected chi connectivity index (χ4v) is 4.54. The van der Waals surface area contributed by atoms with Gasteiger partial charge >= 0.3 is 0 Å². The van der Waals surface area contributed by atoms with Crippen LogP contribution in [-0.2, 0) is 11.2 Å². The number of ether oxygens (including phenoxy) is 1. The first-order valence-corrected chi connectivity index (χ1v) is 10.7. The van der Waals surface area contributed by atoms with Crippen LogP contribution in [0.2, 0.25) is 0 Å². The van der Waals surface area contributed by atoms with Crippen LogP contribution >= 0.6 is 11.3 Å². The third-order valence-corrected chi connectivity index (χ3v) is 6.50. The van der Waals surface area contributed by atoms with Gasteiger partial charge in [-0.15, -0.1) is 11.3 Å². The molecule has 0 aliphatic carbocycles. The van der Waals surface area contributed by atoms with Gasteiger partial charge in [-0.3, -0.25) is 9.59 Å². The fourth-order valence-electron chi connectivity index (χ4n) is 3.62. The lowest BCUT2D eigenvalue weighted by atomic mass is 10.0. The van der Waals surface area contributed by atoms with Gasteiger partial charge < -0.3 is 10.1 Å². The first-order chi connectivity index (χ1) is 14.4. The molecule has 6 heteroatoms. The van der Waals surface area contributed by atoms with Crippen molar-refractivity contribution in [2.75, 3.05) is 6.54 Å². The third kappa shape index (κ3) is 4.14. The van der Waals surface area contributed by atoms with E-state index in [0.29, 0.717) is 29.2 Å². The van der Waals surface area contributed by atoms with Crippen LogP contribution in [-0.4, -0.2) is 24.3 Å². The van der Waals surface area contributed by atoms with Gasteiger partial charge in [0.15, 0.2) is 5.78 Å². The molecule has 3 aromatic rings. The molecule has 2 heterocycles. The third-order valence-electron chi connectivity index (χ3n) is 5.28. The number of fused-ring (bicyclic) bond motifs is 1. The van der Waals surface area contributed by atoms with E-state index in [4.69, 9.17) is 4.74 Å². The lowest BCUT2D eigenvalue weighted by Gasteiger charge is -2.16. The number of carbonyl (C=O) groups excluding carboxylic acids is 2. The van der Waals surface area contributed by atoms with Gasteiger partial charge in [0, 0.05) is 22.4 Å². The van der Waals surface area contributed by atoms with Crippen molar-refractivity contribution < 1.29 is 18.7 Å². The number of hydrogen-bond donors (Lipinski definition) is 1. The molecule has 154 valence electrons. The lowest BCUT2D eigenvalue weighted by molar-refractivity contribution is -0.122. The molecule has 2 aromatic carbocycles. The highest BCUT2D eigenvalue weighted by Gasteiger charge is 2.28. The van der Waals surface area contributed by atoms with Gasteiger partial charge in [0.1, 0.15) is 17.7 Å². The van der Waals surface area contributed by atoms with Crippen molar-refractivity contribution in [2.45, 2.75) is 32.3 Å². The molecule has 0 saturated heterocycles. The van der Waals surface area contributed by atoms with Crippen LogP contribution in [0, 0.1) is 5.82 Å². The summed E-state index contributed by atoms with van der Waals surface area (Å²) in [6.45, 7) is 3.72. The van der Waals surface area contributed by atoms with Crippen molar-refractivity contribution in [3.63, 3.8) is 0 Å². The summed E-state index contributed by atoms with van der Waals surface area (Å²) in [6.07, 6.45) is 0.255. The van der Waals surface area contributed by atoms with E-state index in [1.54, 1.807) is 6.07 Å². The van der Waals surface area contributed by atoms with Gasteiger partial charge in [-0.1, -0.05) is 30.3 Å². The zero-order valence-corrected chi connectivity index (χ0v) is 17.6. The summed E-state index contributed by atoms with van der Waals surface area (Å²) in [5.74, 6) is -0.0693. The minimum Gasteiger partial charge on any atom is -0.487 e. The van der Waals surface area contributed by atoms with E-state index in [-0.39, 0.29) is 29.5 Å². The molecule has 1 amide bonds. The zero-order chi connectivity index (χ0) is 21.3. The van der Waals surface area contributed by atoms with Crippen molar-refractivity contribution in [2.24, 2.45) is 0 Å². The van der Waals surface area contributed by atoms with E-state index in [0.717, 1.165) is 16.0 Å². The monoisotopic (exact) mass is 423 g/mol. The van der Waals surface area contributed by atoms with Crippen molar-refractivity contribution in [1.82, 2.24) is 5.32 Å². The highest BCUT2D eigenvalue weighted by atomic mass is 32.1. The Morgan fingerprint density at radius 2 is 1.97 bits per heavy atom. The number of carbonyl (C=O) groups is 2. The topological polar surface area (TPSA) is 55.4 Å². The quantitative estimate of drug-likeness (QED) is 0.569. The zero-order valence-electron chi connectivity index (χ0n) is 16.8. The minimum absolute atomic E-state index is 0.0201. The smallest absolute Gasteiger partial charge is 0.227 e. The number of nitrogens with one attached hydrogen (secondary N) is 1. The molecule has 1 aliphatic heterocycles. The lowest BCUT2D eigenvalue weighted by Crippen LogP contribution is -2.36. The summed E-state index contributed by atoms with van der Waals surface area (Å²) in [7, 11) is 0. The molecule has 0 radical (unpaired) electrons. The van der Waals surface area contributed by atoms with Crippen LogP contribution in [0.1, 0.15) is 40.6 Å². The Morgan fingerprint density at radius 1 is 1.20 bits per heavy atom. The van der Waals surface area contributed by atoms with E-state index in [2.05, 4.69) is 5.32 Å². The van der Waals surface area contributed by atoms with Crippen molar-refractivity contribution in [3.05, 3.63) is 76.4 Å². The Hall–Kier alpha value is -2.99. The maximum absolute atomic E-state index is 14.2. The molecule has 0 unspecified atom stereocenters. The molecule has 1 N–H and O–H groups in total. The Labute approximate surface area is 178 Å². The molecule has 0 fully saturated rings. The van der Waals surface area contributed by atoms with Crippen molar-refractivity contribution in [1.29, 1.82) is 0 Å². The summed E-state index contributed by atoms with van der Waals surface area (Å²) in [5, 5.41) is 2.95. The molecule has 0 spiro atoms. The second-order valence-corrected chi connectivity index (χ2v) is 8.57. The van der Waals surface area contributed by atoms with Crippen molar-refractivity contribution in [3.8, 4) is 16.2 Å². The van der Waals surface area contributed by atoms with E-state index >= 15 is 0 Å². The predicted octanol–water partition coefficient (Wildman–Crippen LogP) is 4.98. The number of hydrogen-bond acceptors (Lipinski definition) is 4. The number of rotatable bonds is 6. The number of halogens is 1. The first kappa shape index (κ1) is 20.3. The normalized spacial score (nSPS) is 15.9. The molecule has 0 bridgehead atoms. The van der Waals surface area contributed by atoms with Crippen LogP contribution in [0.4, 0.5) is 4.39 Å².